The Morgan fingerprint density at radius 3 is 1.85 bits per heavy atom. The summed E-state index contributed by atoms with van der Waals surface area (Å²) in [6, 6.07) is 16.2. The van der Waals surface area contributed by atoms with Crippen LogP contribution < -0.4 is 4.74 Å². The van der Waals surface area contributed by atoms with Crippen LogP contribution in [0.15, 0.2) is 48.5 Å². The molecule has 0 bridgehead atoms. The Hall–Kier alpha value is -1.90. The Morgan fingerprint density at radius 2 is 1.30 bits per heavy atom. The molecule has 3 heteroatoms. The van der Waals surface area contributed by atoms with Crippen molar-refractivity contribution in [2.75, 3.05) is 0 Å². The van der Waals surface area contributed by atoms with Gasteiger partial charge in [-0.15, -0.1) is 0 Å². The molecule has 0 spiro atoms. The lowest BCUT2D eigenvalue weighted by Gasteiger charge is -2.29. The molecule has 2 aromatic carbocycles. The predicted molar refractivity (Wildman–Crippen MR) is 136 cm³/mol. The van der Waals surface area contributed by atoms with E-state index in [9.17, 15) is 8.78 Å². The minimum atomic E-state index is -2.77. The van der Waals surface area contributed by atoms with Gasteiger partial charge in [-0.1, -0.05) is 95.7 Å². The molecule has 0 N–H and O–H groups in total. The molecule has 33 heavy (non-hydrogen) atoms. The second kappa shape index (κ2) is 15.9. The van der Waals surface area contributed by atoms with Crippen molar-refractivity contribution < 1.29 is 13.5 Å². The van der Waals surface area contributed by atoms with Crippen molar-refractivity contribution in [3.63, 3.8) is 0 Å². The van der Waals surface area contributed by atoms with Gasteiger partial charge in [-0.2, -0.15) is 8.78 Å². The Kier molecular flexibility index (Phi) is 13.1. The summed E-state index contributed by atoms with van der Waals surface area (Å²) >= 11 is 0. The van der Waals surface area contributed by atoms with Gasteiger partial charge in [-0.3, -0.25) is 0 Å². The van der Waals surface area contributed by atoms with Gasteiger partial charge in [0.2, 0.25) is 0 Å². The largest absolute Gasteiger partial charge is 0.435 e. The molecular weight excluding hydrogens is 414 g/mol. The van der Waals surface area contributed by atoms with E-state index < -0.39 is 6.61 Å². The summed E-state index contributed by atoms with van der Waals surface area (Å²) < 4.78 is 28.9. The number of alkyl halides is 2. The first kappa shape index (κ1) is 27.3. The highest BCUT2D eigenvalue weighted by molar-refractivity contribution is 5.30. The Balaban J connectivity index is 0.00000187. The molecular formula is C30H44F2O. The predicted octanol–water partition coefficient (Wildman–Crippen LogP) is 9.73. The maximum Gasteiger partial charge on any atom is 0.387 e. The van der Waals surface area contributed by atoms with Crippen LogP contribution in [0.5, 0.6) is 5.75 Å². The highest BCUT2D eigenvalue weighted by Crippen LogP contribution is 2.37. The third kappa shape index (κ3) is 10.3. The minimum absolute atomic E-state index is 0.217. The van der Waals surface area contributed by atoms with Gasteiger partial charge in [-0.05, 0) is 79.2 Å². The van der Waals surface area contributed by atoms with Crippen LogP contribution in [0.2, 0.25) is 0 Å². The van der Waals surface area contributed by atoms with Gasteiger partial charge in [0.1, 0.15) is 5.75 Å². The van der Waals surface area contributed by atoms with Crippen molar-refractivity contribution in [1.29, 1.82) is 0 Å². The van der Waals surface area contributed by atoms with E-state index in [0.29, 0.717) is 0 Å². The van der Waals surface area contributed by atoms with E-state index in [4.69, 9.17) is 0 Å². The van der Waals surface area contributed by atoms with E-state index in [0.717, 1.165) is 30.2 Å². The first-order chi connectivity index (χ1) is 16.1. The zero-order valence-corrected chi connectivity index (χ0v) is 21.0. The van der Waals surface area contributed by atoms with Crippen molar-refractivity contribution in [2.24, 2.45) is 5.92 Å². The molecule has 0 saturated heterocycles. The smallest absolute Gasteiger partial charge is 0.387 e. The molecule has 1 saturated carbocycles. The van der Waals surface area contributed by atoms with Gasteiger partial charge in [-0.25, -0.2) is 0 Å². The van der Waals surface area contributed by atoms with Crippen LogP contribution in [-0.2, 0) is 12.8 Å². The highest BCUT2D eigenvalue weighted by Gasteiger charge is 2.22. The number of unbranched alkanes of at least 4 members (excludes halogenated alkanes) is 4. The molecule has 0 radical (unpaired) electrons. The average molecular weight is 459 g/mol. The maximum absolute atomic E-state index is 12.2. The fraction of sp³-hybridized carbons (Fsp3) is 0.600. The first-order valence-corrected chi connectivity index (χ1v) is 13.3. The average Bonchev–Trinajstić information content (AvgIpc) is 2.85. The molecule has 0 amide bonds. The lowest BCUT2D eigenvalue weighted by atomic mass is 9.77. The molecule has 0 aromatic heterocycles. The zero-order chi connectivity index (χ0) is 23.9. The highest BCUT2D eigenvalue weighted by atomic mass is 19.3. The molecule has 2 aromatic rings. The molecule has 3 rings (SSSR count). The van der Waals surface area contributed by atoms with Crippen LogP contribution in [0.3, 0.4) is 0 Å². The van der Waals surface area contributed by atoms with Crippen LogP contribution in [-0.4, -0.2) is 6.61 Å². The number of aryl methyl sites for hydroxylation is 2. The first-order valence-electron chi connectivity index (χ1n) is 13.3. The zero-order valence-electron chi connectivity index (χ0n) is 21.0. The van der Waals surface area contributed by atoms with Gasteiger partial charge in [0, 0.05) is 0 Å². The summed E-state index contributed by atoms with van der Waals surface area (Å²) in [5.41, 5.74) is 3.97. The van der Waals surface area contributed by atoms with E-state index in [1.165, 1.54) is 75.3 Å². The Labute approximate surface area is 201 Å². The maximum atomic E-state index is 12.2. The number of hydrogen-bond acceptors (Lipinski definition) is 1. The third-order valence-electron chi connectivity index (χ3n) is 6.86. The molecule has 0 unspecified atom stereocenters. The normalized spacial score (nSPS) is 18.0. The molecule has 0 aliphatic heterocycles. The number of hydrogen-bond donors (Lipinski definition) is 0. The van der Waals surface area contributed by atoms with Crippen molar-refractivity contribution in [2.45, 2.75) is 110 Å². The van der Waals surface area contributed by atoms with Crippen LogP contribution in [0, 0.1) is 5.92 Å². The van der Waals surface area contributed by atoms with E-state index in [2.05, 4.69) is 35.9 Å². The van der Waals surface area contributed by atoms with Crippen LogP contribution in [0.1, 0.15) is 108 Å². The second-order valence-electron chi connectivity index (χ2n) is 9.18. The summed E-state index contributed by atoms with van der Waals surface area (Å²) in [4.78, 5) is 0. The summed E-state index contributed by atoms with van der Waals surface area (Å²) in [6.07, 6.45) is 15.7. The van der Waals surface area contributed by atoms with E-state index in [-0.39, 0.29) is 5.75 Å². The minimum Gasteiger partial charge on any atom is -0.435 e. The monoisotopic (exact) mass is 458 g/mol. The number of benzene rings is 2. The number of rotatable bonds is 12. The number of halogens is 2. The lowest BCUT2D eigenvalue weighted by Crippen LogP contribution is -2.13. The lowest BCUT2D eigenvalue weighted by molar-refractivity contribution is -0.0498. The molecule has 184 valence electrons. The van der Waals surface area contributed by atoms with Gasteiger partial charge in [0.05, 0.1) is 0 Å². The standard InChI is InChI=1S/C28H38F2O.C2H6/c1-2-3-4-5-6-7-22-10-16-25(17-11-22)26-18-12-23(13-19-26)8-9-24-14-20-27(21-15-24)31-28(29)30;1-2/h12-15,18-22,25,28H,2-11,16-17H2,1H3;1-2H3. The summed E-state index contributed by atoms with van der Waals surface area (Å²) in [7, 11) is 0. The van der Waals surface area contributed by atoms with Crippen LogP contribution in [0.25, 0.3) is 0 Å². The summed E-state index contributed by atoms with van der Waals surface area (Å²) in [5.74, 6) is 1.90. The summed E-state index contributed by atoms with van der Waals surface area (Å²) in [5, 5.41) is 0. The van der Waals surface area contributed by atoms with Crippen molar-refractivity contribution in [3.8, 4) is 5.75 Å². The van der Waals surface area contributed by atoms with Crippen molar-refractivity contribution in [1.82, 2.24) is 0 Å². The van der Waals surface area contributed by atoms with E-state index >= 15 is 0 Å². The van der Waals surface area contributed by atoms with Crippen LogP contribution in [0.4, 0.5) is 8.78 Å². The van der Waals surface area contributed by atoms with Gasteiger partial charge in [0.15, 0.2) is 0 Å². The fourth-order valence-electron chi connectivity index (χ4n) is 4.90. The SMILES string of the molecule is CC.CCCCCCCC1CCC(c2ccc(CCc3ccc(OC(F)F)cc3)cc2)CC1. The molecule has 1 fully saturated rings. The van der Waals surface area contributed by atoms with Gasteiger partial charge < -0.3 is 4.74 Å². The van der Waals surface area contributed by atoms with E-state index in [1.54, 1.807) is 12.1 Å². The van der Waals surface area contributed by atoms with Crippen LogP contribution >= 0.6 is 0 Å². The molecule has 1 aliphatic rings. The molecule has 1 nitrogen and oxygen atoms in total. The van der Waals surface area contributed by atoms with Gasteiger partial charge >= 0.3 is 6.61 Å². The Bertz CT molecular complexity index is 731. The third-order valence-corrected chi connectivity index (χ3v) is 6.86. The Morgan fingerprint density at radius 1 is 0.758 bits per heavy atom. The van der Waals surface area contributed by atoms with Crippen molar-refractivity contribution in [3.05, 3.63) is 65.2 Å². The van der Waals surface area contributed by atoms with E-state index in [1.807, 2.05) is 26.0 Å². The van der Waals surface area contributed by atoms with Gasteiger partial charge in [0.25, 0.3) is 0 Å². The molecule has 0 heterocycles. The fourth-order valence-corrected chi connectivity index (χ4v) is 4.90. The van der Waals surface area contributed by atoms with Crippen molar-refractivity contribution >= 4 is 0 Å². The topological polar surface area (TPSA) is 9.23 Å². The summed E-state index contributed by atoms with van der Waals surface area (Å²) in [6.45, 7) is 3.51. The quantitative estimate of drug-likeness (QED) is 0.288. The molecule has 0 atom stereocenters. The second-order valence-corrected chi connectivity index (χ2v) is 9.18. The molecule has 1 aliphatic carbocycles. The number of ether oxygens (including phenoxy) is 1.